The zero-order chi connectivity index (χ0) is 25.4. The number of phenolic OH excluding ortho intramolecular Hbond substituents is 1. The van der Waals surface area contributed by atoms with Crippen molar-refractivity contribution in [2.45, 2.75) is 31.3 Å². The summed E-state index contributed by atoms with van der Waals surface area (Å²) in [7, 11) is 1.30. The third kappa shape index (κ3) is 3.59. The van der Waals surface area contributed by atoms with Crippen LogP contribution in [0.2, 0.25) is 0 Å². The third-order valence-electron chi connectivity index (χ3n) is 6.34. The van der Waals surface area contributed by atoms with Gasteiger partial charge in [0.1, 0.15) is 11.5 Å². The van der Waals surface area contributed by atoms with Gasteiger partial charge in [0.05, 0.1) is 16.2 Å². The van der Waals surface area contributed by atoms with Gasteiger partial charge < -0.3 is 9.84 Å². The number of aromatic nitrogens is 3. The van der Waals surface area contributed by atoms with Crippen LogP contribution in [0.3, 0.4) is 0 Å². The Labute approximate surface area is 207 Å². The molecule has 1 N–H and O–H groups in total. The van der Waals surface area contributed by atoms with Crippen molar-refractivity contribution in [3.05, 3.63) is 77.2 Å². The van der Waals surface area contributed by atoms with E-state index in [-0.39, 0.29) is 33.3 Å². The fraction of sp³-hybridized carbons (Fsp3) is 0.273. The average Bonchev–Trinajstić information content (AvgIpc) is 3.01. The lowest BCUT2D eigenvalue weighted by molar-refractivity contribution is -0.274. The Bertz CT molecular complexity index is 1540. The number of carbonyl (C=O) groups excluding carboxylic acids is 2. The number of halogens is 4. The maximum absolute atomic E-state index is 13.2. The molecule has 0 fully saturated rings. The molecule has 2 aliphatic carbocycles. The van der Waals surface area contributed by atoms with E-state index in [9.17, 15) is 37.5 Å². The zero-order valence-electron chi connectivity index (χ0n) is 17.8. The van der Waals surface area contributed by atoms with Gasteiger partial charge in [-0.1, -0.05) is 6.08 Å². The number of carbonyl (C=O) groups is 2. The van der Waals surface area contributed by atoms with Gasteiger partial charge in [-0.3, -0.25) is 9.59 Å². The second-order valence-electron chi connectivity index (χ2n) is 8.25. The molecule has 3 aliphatic rings. The number of aromatic hydroxyl groups is 1. The molecule has 0 saturated carbocycles. The highest BCUT2D eigenvalue weighted by Crippen LogP contribution is 2.52. The second kappa shape index (κ2) is 7.83. The number of ketones is 2. The SMILES string of the molecule is Cn1c(=O)n2n(c1=O)[C@@H]1CC3=C(C(=O)C(I)=CC3=O)[C@@H](c3cc(OC(F)(F)F)ccc3O)C1=CC2. The lowest BCUT2D eigenvalue weighted by atomic mass is 9.68. The van der Waals surface area contributed by atoms with Crippen LogP contribution >= 0.6 is 22.6 Å². The Hall–Kier alpha value is -3.36. The van der Waals surface area contributed by atoms with E-state index in [2.05, 4.69) is 4.74 Å². The van der Waals surface area contributed by atoms with E-state index in [1.807, 2.05) is 0 Å². The second-order valence-corrected chi connectivity index (χ2v) is 9.42. The minimum atomic E-state index is -5.00. The molecular weight excluding hydrogens is 586 g/mol. The number of alkyl halides is 3. The van der Waals surface area contributed by atoms with Gasteiger partial charge >= 0.3 is 17.7 Å². The molecule has 1 aromatic carbocycles. The van der Waals surface area contributed by atoms with Crippen molar-refractivity contribution < 1.29 is 32.6 Å². The van der Waals surface area contributed by atoms with Crippen LogP contribution < -0.4 is 16.1 Å². The normalized spacial score (nSPS) is 21.7. The van der Waals surface area contributed by atoms with E-state index in [1.54, 1.807) is 28.7 Å². The van der Waals surface area contributed by atoms with Gasteiger partial charge in [0.25, 0.3) is 0 Å². The van der Waals surface area contributed by atoms with Gasteiger partial charge in [-0.25, -0.2) is 23.5 Å². The molecule has 1 aliphatic heterocycles. The molecule has 0 spiro atoms. The highest BCUT2D eigenvalue weighted by atomic mass is 127. The summed E-state index contributed by atoms with van der Waals surface area (Å²) in [6.45, 7) is -0.0472. The quantitative estimate of drug-likeness (QED) is 0.322. The minimum Gasteiger partial charge on any atom is -0.508 e. The van der Waals surface area contributed by atoms with Crippen molar-refractivity contribution >= 4 is 34.2 Å². The number of nitrogens with zero attached hydrogens (tertiary/aromatic N) is 3. The highest BCUT2D eigenvalue weighted by Gasteiger charge is 2.46. The van der Waals surface area contributed by atoms with Crippen LogP contribution in [0.15, 0.2) is 60.2 Å². The minimum absolute atomic E-state index is 0.0173. The van der Waals surface area contributed by atoms with Crippen molar-refractivity contribution in [1.29, 1.82) is 0 Å². The molecule has 13 heteroatoms. The number of phenols is 1. The molecule has 35 heavy (non-hydrogen) atoms. The standard InChI is InChI=1S/C22H15F3IN3O6/c1-27-20(33)28-5-4-10-14(29(28)21(27)34)7-12-16(31)8-13(26)19(32)18(12)17(10)11-6-9(2-3-15(11)30)35-22(23,24)25/h2-4,6,8,14,17,30H,5,7H2,1H3/t14-,17-/m1/s1. The van der Waals surface area contributed by atoms with Crippen molar-refractivity contribution in [3.63, 3.8) is 0 Å². The molecule has 0 bridgehead atoms. The third-order valence-corrected chi connectivity index (χ3v) is 7.14. The molecule has 0 saturated heterocycles. The first-order valence-electron chi connectivity index (χ1n) is 10.2. The number of rotatable bonds is 2. The van der Waals surface area contributed by atoms with Crippen LogP contribution in [0.25, 0.3) is 0 Å². The summed E-state index contributed by atoms with van der Waals surface area (Å²) in [5, 5.41) is 10.7. The first-order chi connectivity index (χ1) is 16.4. The number of hydrogen-bond donors (Lipinski definition) is 1. The van der Waals surface area contributed by atoms with Crippen LogP contribution in [0, 0.1) is 0 Å². The number of fused-ring (bicyclic) bond motifs is 3. The zero-order valence-corrected chi connectivity index (χ0v) is 20.0. The first-order valence-corrected chi connectivity index (χ1v) is 11.3. The number of Topliss-reactive ketones (excluding diaryl/α,β-unsaturated/α-hetero) is 1. The van der Waals surface area contributed by atoms with Gasteiger partial charge in [0.2, 0.25) is 0 Å². The summed E-state index contributed by atoms with van der Waals surface area (Å²) in [5.41, 5.74) is -0.827. The van der Waals surface area contributed by atoms with Crippen LogP contribution in [0.1, 0.15) is 23.9 Å². The summed E-state index contributed by atoms with van der Waals surface area (Å²) in [4.78, 5) is 51.5. The van der Waals surface area contributed by atoms with E-state index < -0.39 is 52.8 Å². The average molecular weight is 601 g/mol. The Kier molecular flexibility index (Phi) is 5.23. The molecule has 1 aromatic heterocycles. The lowest BCUT2D eigenvalue weighted by Crippen LogP contribution is -2.40. The van der Waals surface area contributed by atoms with Crippen LogP contribution in [0.4, 0.5) is 13.2 Å². The Morgan fingerprint density at radius 3 is 2.54 bits per heavy atom. The highest BCUT2D eigenvalue weighted by molar-refractivity contribution is 14.1. The summed E-state index contributed by atoms with van der Waals surface area (Å²) in [6, 6.07) is 2.01. The van der Waals surface area contributed by atoms with Gasteiger partial charge in [0, 0.05) is 42.2 Å². The van der Waals surface area contributed by atoms with Gasteiger partial charge in [0.15, 0.2) is 11.6 Å². The number of ether oxygens (including phenoxy) is 1. The Balaban J connectivity index is 1.77. The molecule has 0 amide bonds. The van der Waals surface area contributed by atoms with Crippen molar-refractivity contribution in [2.24, 2.45) is 7.05 Å². The van der Waals surface area contributed by atoms with E-state index in [0.717, 1.165) is 28.8 Å². The fourth-order valence-electron chi connectivity index (χ4n) is 4.89. The topological polar surface area (TPSA) is 113 Å². The molecule has 0 radical (unpaired) electrons. The molecule has 2 aromatic rings. The van der Waals surface area contributed by atoms with Crippen LogP contribution in [-0.2, 0) is 23.2 Å². The maximum atomic E-state index is 13.2. The van der Waals surface area contributed by atoms with E-state index in [4.69, 9.17) is 0 Å². The van der Waals surface area contributed by atoms with E-state index in [1.165, 1.54) is 16.4 Å². The summed E-state index contributed by atoms with van der Waals surface area (Å²) < 4.78 is 46.0. The van der Waals surface area contributed by atoms with Gasteiger partial charge in [-0.05, 0) is 46.4 Å². The molecule has 0 unspecified atom stereocenters. The Morgan fingerprint density at radius 2 is 1.86 bits per heavy atom. The van der Waals surface area contributed by atoms with Gasteiger partial charge in [-0.15, -0.1) is 13.2 Å². The molecule has 182 valence electrons. The maximum Gasteiger partial charge on any atom is 0.573 e. The fourth-order valence-corrected chi connectivity index (χ4v) is 5.47. The summed E-state index contributed by atoms with van der Waals surface area (Å²) in [6.07, 6.45) is -2.33. The van der Waals surface area contributed by atoms with E-state index in [0.29, 0.717) is 5.57 Å². The predicted molar refractivity (Wildman–Crippen MR) is 122 cm³/mol. The van der Waals surface area contributed by atoms with Crippen molar-refractivity contribution in [2.75, 3.05) is 0 Å². The number of benzene rings is 1. The molecule has 2 heterocycles. The van der Waals surface area contributed by atoms with Gasteiger partial charge in [-0.2, -0.15) is 0 Å². The number of allylic oxidation sites excluding steroid dienone is 6. The van der Waals surface area contributed by atoms with Crippen LogP contribution in [-0.4, -0.2) is 37.0 Å². The predicted octanol–water partition coefficient (Wildman–Crippen LogP) is 2.39. The Morgan fingerprint density at radius 1 is 1.14 bits per heavy atom. The summed E-state index contributed by atoms with van der Waals surface area (Å²) in [5.74, 6) is -3.19. The van der Waals surface area contributed by atoms with Crippen LogP contribution in [0.5, 0.6) is 11.5 Å². The monoisotopic (exact) mass is 601 g/mol. The molecule has 2 atom stereocenters. The van der Waals surface area contributed by atoms with Crippen molar-refractivity contribution in [1.82, 2.24) is 13.9 Å². The molecule has 9 nitrogen and oxygen atoms in total. The lowest BCUT2D eigenvalue weighted by Gasteiger charge is -2.39. The molecular formula is C22H15F3IN3O6. The number of hydrogen-bond acceptors (Lipinski definition) is 6. The molecule has 5 rings (SSSR count). The van der Waals surface area contributed by atoms with E-state index >= 15 is 0 Å². The van der Waals surface area contributed by atoms with Crippen molar-refractivity contribution in [3.8, 4) is 11.5 Å². The summed E-state index contributed by atoms with van der Waals surface area (Å²) >= 11 is 1.71. The first kappa shape index (κ1) is 23.4. The largest absolute Gasteiger partial charge is 0.573 e. The smallest absolute Gasteiger partial charge is 0.508 e.